The van der Waals surface area contributed by atoms with Crippen molar-refractivity contribution in [3.05, 3.63) is 29.8 Å². The van der Waals surface area contributed by atoms with Crippen LogP contribution in [0.3, 0.4) is 0 Å². The number of ether oxygens (including phenoxy) is 1. The quantitative estimate of drug-likeness (QED) is 0.656. The number of amides is 2. The molecule has 1 fully saturated rings. The van der Waals surface area contributed by atoms with E-state index in [4.69, 9.17) is 16.2 Å². The molecule has 1 aromatic carbocycles. The standard InChI is InChI=1S/C14H19N3O4/c15-11(7-9-1-3-10(18)4-2-9)14(20)17-5-6-21-8-12(17)13(16)19/h1-4,11-12,18H,5-8,15H2,(H2,16,19)/t11-,12?/m0/s1. The summed E-state index contributed by atoms with van der Waals surface area (Å²) in [6.07, 6.45) is 0.321. The lowest BCUT2D eigenvalue weighted by Crippen LogP contribution is -2.58. The molecule has 0 radical (unpaired) electrons. The first kappa shape index (κ1) is 15.3. The van der Waals surface area contributed by atoms with Crippen molar-refractivity contribution in [3.63, 3.8) is 0 Å². The van der Waals surface area contributed by atoms with Crippen LogP contribution < -0.4 is 11.5 Å². The van der Waals surface area contributed by atoms with Crippen LogP contribution in [0.2, 0.25) is 0 Å². The lowest BCUT2D eigenvalue weighted by Gasteiger charge is -2.35. The van der Waals surface area contributed by atoms with Gasteiger partial charge in [-0.2, -0.15) is 0 Å². The van der Waals surface area contributed by atoms with Gasteiger partial charge in [0.15, 0.2) is 0 Å². The summed E-state index contributed by atoms with van der Waals surface area (Å²) in [5, 5.41) is 9.23. The highest BCUT2D eigenvalue weighted by Crippen LogP contribution is 2.13. The number of rotatable bonds is 4. The Bertz CT molecular complexity index is 517. The van der Waals surface area contributed by atoms with E-state index < -0.39 is 18.0 Å². The molecule has 1 aromatic rings. The summed E-state index contributed by atoms with van der Waals surface area (Å²) in [7, 11) is 0. The number of carbonyl (C=O) groups is 2. The minimum atomic E-state index is -0.769. The molecule has 2 amide bonds. The van der Waals surface area contributed by atoms with Gasteiger partial charge in [-0.3, -0.25) is 9.59 Å². The Morgan fingerprint density at radius 2 is 2.05 bits per heavy atom. The maximum atomic E-state index is 12.4. The van der Waals surface area contributed by atoms with Gasteiger partial charge in [-0.1, -0.05) is 12.1 Å². The summed E-state index contributed by atoms with van der Waals surface area (Å²) in [5.74, 6) is -0.768. The number of benzene rings is 1. The lowest BCUT2D eigenvalue weighted by molar-refractivity contribution is -0.148. The van der Waals surface area contributed by atoms with E-state index in [1.165, 1.54) is 17.0 Å². The Morgan fingerprint density at radius 1 is 1.38 bits per heavy atom. The third kappa shape index (κ3) is 3.71. The molecule has 1 aliphatic heterocycles. The average molecular weight is 293 g/mol. The first-order valence-electron chi connectivity index (χ1n) is 6.70. The third-order valence-electron chi connectivity index (χ3n) is 3.45. The molecule has 5 N–H and O–H groups in total. The van der Waals surface area contributed by atoms with Crippen LogP contribution in [0.25, 0.3) is 0 Å². The van der Waals surface area contributed by atoms with E-state index in [9.17, 15) is 14.7 Å². The number of phenols is 1. The monoisotopic (exact) mass is 293 g/mol. The Kier molecular flexibility index (Phi) is 4.77. The molecule has 2 atom stereocenters. The molecule has 0 bridgehead atoms. The molecule has 1 aliphatic rings. The van der Waals surface area contributed by atoms with Crippen molar-refractivity contribution in [3.8, 4) is 5.75 Å². The molecule has 0 aliphatic carbocycles. The highest BCUT2D eigenvalue weighted by atomic mass is 16.5. The fraction of sp³-hybridized carbons (Fsp3) is 0.429. The van der Waals surface area contributed by atoms with Gasteiger partial charge in [-0.25, -0.2) is 0 Å². The number of hydrogen-bond acceptors (Lipinski definition) is 5. The highest BCUT2D eigenvalue weighted by Gasteiger charge is 2.33. The van der Waals surface area contributed by atoms with Crippen molar-refractivity contribution < 1.29 is 19.4 Å². The molecule has 0 aromatic heterocycles. The first-order chi connectivity index (χ1) is 9.99. The third-order valence-corrected chi connectivity index (χ3v) is 3.45. The van der Waals surface area contributed by atoms with Crippen LogP contribution in [-0.2, 0) is 20.7 Å². The van der Waals surface area contributed by atoms with Gasteiger partial charge in [-0.05, 0) is 24.1 Å². The minimum Gasteiger partial charge on any atom is -0.508 e. The normalized spacial score (nSPS) is 20.0. The summed E-state index contributed by atoms with van der Waals surface area (Å²) in [6, 6.07) is 4.94. The smallest absolute Gasteiger partial charge is 0.242 e. The summed E-state index contributed by atoms with van der Waals surface area (Å²) in [6.45, 7) is 0.768. The van der Waals surface area contributed by atoms with E-state index in [1.54, 1.807) is 12.1 Å². The van der Waals surface area contributed by atoms with Crippen molar-refractivity contribution in [1.82, 2.24) is 4.90 Å². The number of hydrogen-bond donors (Lipinski definition) is 3. The van der Waals surface area contributed by atoms with E-state index in [2.05, 4.69) is 0 Å². The van der Waals surface area contributed by atoms with Gasteiger partial charge in [0.1, 0.15) is 11.8 Å². The maximum absolute atomic E-state index is 12.4. The SMILES string of the molecule is NC(=O)C1COCCN1C(=O)[C@@H](N)Cc1ccc(O)cc1. The lowest BCUT2D eigenvalue weighted by atomic mass is 10.0. The Balaban J connectivity index is 2.03. The van der Waals surface area contributed by atoms with Gasteiger partial charge in [0.25, 0.3) is 0 Å². The zero-order valence-electron chi connectivity index (χ0n) is 11.6. The van der Waals surface area contributed by atoms with E-state index in [0.29, 0.717) is 19.6 Å². The van der Waals surface area contributed by atoms with Gasteiger partial charge >= 0.3 is 0 Å². The molecule has 21 heavy (non-hydrogen) atoms. The van der Waals surface area contributed by atoms with E-state index in [0.717, 1.165) is 5.56 Å². The van der Waals surface area contributed by atoms with E-state index >= 15 is 0 Å². The molecule has 1 saturated heterocycles. The van der Waals surface area contributed by atoms with Crippen molar-refractivity contribution in [2.75, 3.05) is 19.8 Å². The summed E-state index contributed by atoms with van der Waals surface area (Å²) in [5.41, 5.74) is 12.0. The van der Waals surface area contributed by atoms with Crippen LogP contribution in [0.15, 0.2) is 24.3 Å². The average Bonchev–Trinajstić information content (AvgIpc) is 2.48. The topological polar surface area (TPSA) is 119 Å². The number of carbonyl (C=O) groups excluding carboxylic acids is 2. The molecule has 114 valence electrons. The van der Waals surface area contributed by atoms with E-state index in [1.807, 2.05) is 0 Å². The van der Waals surface area contributed by atoms with Crippen molar-refractivity contribution in [2.45, 2.75) is 18.5 Å². The molecular formula is C14H19N3O4. The van der Waals surface area contributed by atoms with Gasteiger partial charge in [0, 0.05) is 6.54 Å². The first-order valence-corrected chi connectivity index (χ1v) is 6.70. The number of phenolic OH excluding ortho intramolecular Hbond substituents is 1. The Hall–Kier alpha value is -2.12. The van der Waals surface area contributed by atoms with E-state index in [-0.39, 0.29) is 18.3 Å². The fourth-order valence-corrected chi connectivity index (χ4v) is 2.29. The van der Waals surface area contributed by atoms with Crippen LogP contribution in [0.1, 0.15) is 5.56 Å². The fourth-order valence-electron chi connectivity index (χ4n) is 2.29. The van der Waals surface area contributed by atoms with Crippen molar-refractivity contribution >= 4 is 11.8 Å². The molecule has 7 heteroatoms. The summed E-state index contributed by atoms with van der Waals surface area (Å²) < 4.78 is 5.17. The second-order valence-electron chi connectivity index (χ2n) is 5.00. The minimum absolute atomic E-state index is 0.104. The van der Waals surface area contributed by atoms with Crippen molar-refractivity contribution in [2.24, 2.45) is 11.5 Å². The van der Waals surface area contributed by atoms with Gasteiger partial charge < -0.3 is 26.2 Å². The molecular weight excluding hydrogens is 274 g/mol. The molecule has 1 unspecified atom stereocenters. The zero-order chi connectivity index (χ0) is 15.4. The van der Waals surface area contributed by atoms with Crippen LogP contribution in [0, 0.1) is 0 Å². The zero-order valence-corrected chi connectivity index (χ0v) is 11.6. The second kappa shape index (κ2) is 6.55. The largest absolute Gasteiger partial charge is 0.508 e. The molecule has 7 nitrogen and oxygen atoms in total. The Morgan fingerprint density at radius 3 is 2.67 bits per heavy atom. The van der Waals surface area contributed by atoms with Gasteiger partial charge in [-0.15, -0.1) is 0 Å². The maximum Gasteiger partial charge on any atom is 0.242 e. The summed E-state index contributed by atoms with van der Waals surface area (Å²) >= 11 is 0. The van der Waals surface area contributed by atoms with Crippen LogP contribution in [0.4, 0.5) is 0 Å². The van der Waals surface area contributed by atoms with Crippen molar-refractivity contribution in [1.29, 1.82) is 0 Å². The number of nitrogens with two attached hydrogens (primary N) is 2. The molecule has 0 spiro atoms. The number of aromatic hydroxyl groups is 1. The molecule has 2 rings (SSSR count). The second-order valence-corrected chi connectivity index (χ2v) is 5.00. The van der Waals surface area contributed by atoms with Gasteiger partial charge in [0.2, 0.25) is 11.8 Å². The molecule has 0 saturated carbocycles. The van der Waals surface area contributed by atoms with Crippen LogP contribution in [-0.4, -0.2) is 53.7 Å². The number of nitrogens with zero attached hydrogens (tertiary/aromatic N) is 1. The predicted molar refractivity (Wildman–Crippen MR) is 75.3 cm³/mol. The van der Waals surface area contributed by atoms with Crippen LogP contribution in [0.5, 0.6) is 5.75 Å². The number of primary amides is 1. The Labute approximate surface area is 122 Å². The molecule has 1 heterocycles. The predicted octanol–water partition coefficient (Wildman–Crippen LogP) is -1.03. The van der Waals surface area contributed by atoms with Crippen LogP contribution >= 0.6 is 0 Å². The number of morpholine rings is 1. The summed E-state index contributed by atoms with van der Waals surface area (Å²) in [4.78, 5) is 25.1. The van der Waals surface area contributed by atoms with Gasteiger partial charge in [0.05, 0.1) is 19.3 Å². The highest BCUT2D eigenvalue weighted by molar-refractivity contribution is 5.89.